The van der Waals surface area contributed by atoms with E-state index in [1.807, 2.05) is 13.8 Å². The maximum atomic E-state index is 14.4. The molecule has 1 atom stereocenters. The minimum absolute atomic E-state index is 0.0128. The van der Waals surface area contributed by atoms with Gasteiger partial charge < -0.3 is 14.7 Å². The number of amides is 1. The van der Waals surface area contributed by atoms with Gasteiger partial charge in [-0.1, -0.05) is 32.0 Å². The molecule has 0 radical (unpaired) electrons. The van der Waals surface area contributed by atoms with Gasteiger partial charge in [0.05, 0.1) is 11.6 Å². The third-order valence-corrected chi connectivity index (χ3v) is 4.15. The Labute approximate surface area is 147 Å². The van der Waals surface area contributed by atoms with Gasteiger partial charge in [0.15, 0.2) is 11.5 Å². The highest BCUT2D eigenvalue weighted by atomic mass is 19.1. The van der Waals surface area contributed by atoms with Gasteiger partial charge in [-0.05, 0) is 18.4 Å². The Hall–Kier alpha value is -2.21. The highest BCUT2D eigenvalue weighted by Crippen LogP contribution is 2.39. The van der Waals surface area contributed by atoms with Crippen LogP contribution in [0.25, 0.3) is 0 Å². The molecular weight excluding hydrogens is 325 g/mol. The number of methoxy groups -OCH3 is 1. The zero-order valence-corrected chi connectivity index (χ0v) is 14.8. The first-order valence-corrected chi connectivity index (χ1v) is 8.39. The summed E-state index contributed by atoms with van der Waals surface area (Å²) in [6, 6.07) is 5.11. The number of aliphatic hydroxyl groups is 1. The van der Waals surface area contributed by atoms with Crippen LogP contribution < -0.4 is 0 Å². The largest absolute Gasteiger partial charge is 0.503 e. The molecule has 1 aromatic rings. The number of aliphatic hydroxyl groups excluding tert-OH is 1. The lowest BCUT2D eigenvalue weighted by atomic mass is 9.92. The van der Waals surface area contributed by atoms with Crippen molar-refractivity contribution in [2.45, 2.75) is 32.7 Å². The van der Waals surface area contributed by atoms with E-state index in [0.29, 0.717) is 13.0 Å². The number of Topliss-reactive ketones (excluding diaryl/α,β-unsaturated/α-hetero) is 1. The Morgan fingerprint density at radius 2 is 2.04 bits per heavy atom. The Balaban J connectivity index is 2.45. The van der Waals surface area contributed by atoms with Gasteiger partial charge in [0.1, 0.15) is 5.82 Å². The highest BCUT2D eigenvalue weighted by molar-refractivity contribution is 6.09. The molecule has 0 saturated carbocycles. The molecule has 1 amide bonds. The Morgan fingerprint density at radius 3 is 2.64 bits per heavy atom. The van der Waals surface area contributed by atoms with Crippen LogP contribution in [0, 0.1) is 11.7 Å². The monoisotopic (exact) mass is 349 g/mol. The van der Waals surface area contributed by atoms with Crippen molar-refractivity contribution in [3.63, 3.8) is 0 Å². The second kappa shape index (κ2) is 8.25. The van der Waals surface area contributed by atoms with Crippen LogP contribution in [0.5, 0.6) is 0 Å². The predicted octanol–water partition coefficient (Wildman–Crippen LogP) is 3.17. The number of rotatable bonds is 8. The number of ether oxygens (including phenoxy) is 1. The number of carbonyl (C=O) groups is 2. The predicted molar refractivity (Wildman–Crippen MR) is 91.5 cm³/mol. The van der Waals surface area contributed by atoms with E-state index in [0.717, 1.165) is 0 Å². The Kier molecular flexibility index (Phi) is 6.31. The Morgan fingerprint density at radius 1 is 1.36 bits per heavy atom. The van der Waals surface area contributed by atoms with E-state index < -0.39 is 23.5 Å². The minimum Gasteiger partial charge on any atom is -0.503 e. The van der Waals surface area contributed by atoms with Crippen LogP contribution in [0.1, 0.15) is 38.3 Å². The fraction of sp³-hybridized carbons (Fsp3) is 0.474. The summed E-state index contributed by atoms with van der Waals surface area (Å²) >= 11 is 0. The van der Waals surface area contributed by atoms with E-state index in [1.54, 1.807) is 19.2 Å². The smallest absolute Gasteiger partial charge is 0.290 e. The molecule has 1 aliphatic heterocycles. The molecule has 6 heteroatoms. The number of carbonyl (C=O) groups excluding carboxylic acids is 2. The number of halogens is 1. The first kappa shape index (κ1) is 19.1. The average molecular weight is 349 g/mol. The fourth-order valence-corrected chi connectivity index (χ4v) is 3.05. The van der Waals surface area contributed by atoms with Gasteiger partial charge in [-0.2, -0.15) is 0 Å². The van der Waals surface area contributed by atoms with Crippen molar-refractivity contribution in [3.05, 3.63) is 47.0 Å². The first-order valence-electron chi connectivity index (χ1n) is 8.39. The molecule has 136 valence electrons. The number of benzene rings is 1. The average Bonchev–Trinajstić information content (AvgIpc) is 2.80. The third kappa shape index (κ3) is 4.07. The second-order valence-electron chi connectivity index (χ2n) is 6.55. The van der Waals surface area contributed by atoms with Crippen LogP contribution in [0.3, 0.4) is 0 Å². The van der Waals surface area contributed by atoms with E-state index >= 15 is 0 Å². The first-order chi connectivity index (χ1) is 11.9. The van der Waals surface area contributed by atoms with E-state index in [2.05, 4.69) is 0 Å². The number of nitrogens with zero attached hydrogens (tertiary/aromatic N) is 1. The van der Waals surface area contributed by atoms with Crippen molar-refractivity contribution in [2.75, 3.05) is 20.3 Å². The zero-order chi connectivity index (χ0) is 18.6. The summed E-state index contributed by atoms with van der Waals surface area (Å²) in [5, 5.41) is 10.3. The summed E-state index contributed by atoms with van der Waals surface area (Å²) < 4.78 is 19.4. The molecule has 0 bridgehead atoms. The van der Waals surface area contributed by atoms with Gasteiger partial charge in [0, 0.05) is 32.2 Å². The zero-order valence-electron chi connectivity index (χ0n) is 14.8. The van der Waals surface area contributed by atoms with Crippen LogP contribution in [0.4, 0.5) is 4.39 Å². The minimum atomic E-state index is -0.906. The van der Waals surface area contributed by atoms with Crippen molar-refractivity contribution < 1.29 is 23.8 Å². The maximum Gasteiger partial charge on any atom is 0.290 e. The van der Waals surface area contributed by atoms with E-state index in [4.69, 9.17) is 4.74 Å². The molecule has 1 N–H and O–H groups in total. The van der Waals surface area contributed by atoms with Crippen LogP contribution in [0.2, 0.25) is 0 Å². The summed E-state index contributed by atoms with van der Waals surface area (Å²) in [4.78, 5) is 26.5. The highest BCUT2D eigenvalue weighted by Gasteiger charge is 2.43. The molecule has 2 rings (SSSR count). The molecule has 1 unspecified atom stereocenters. The second-order valence-corrected chi connectivity index (χ2v) is 6.55. The van der Waals surface area contributed by atoms with E-state index in [9.17, 15) is 19.1 Å². The van der Waals surface area contributed by atoms with Crippen molar-refractivity contribution >= 4 is 11.7 Å². The van der Waals surface area contributed by atoms with Crippen LogP contribution in [0.15, 0.2) is 35.6 Å². The summed E-state index contributed by atoms with van der Waals surface area (Å²) in [5.41, 5.74) is 0.200. The topological polar surface area (TPSA) is 66.8 Å². The number of hydrogen-bond donors (Lipinski definition) is 1. The molecule has 1 aliphatic rings. The molecule has 1 aromatic carbocycles. The molecule has 1 heterocycles. The van der Waals surface area contributed by atoms with E-state index in [-0.39, 0.29) is 35.8 Å². The molecule has 5 nitrogen and oxygen atoms in total. The number of hydrogen-bond acceptors (Lipinski definition) is 4. The van der Waals surface area contributed by atoms with E-state index in [1.165, 1.54) is 17.0 Å². The maximum absolute atomic E-state index is 14.4. The summed E-state index contributed by atoms with van der Waals surface area (Å²) in [7, 11) is 1.55. The summed E-state index contributed by atoms with van der Waals surface area (Å²) in [6.45, 7) is 4.43. The molecule has 0 aliphatic carbocycles. The Bertz CT molecular complexity index is 684. The molecule has 0 spiro atoms. The van der Waals surface area contributed by atoms with Crippen molar-refractivity contribution in [3.8, 4) is 0 Å². The standard InChI is InChI=1S/C19H24FNO4/c1-12(2)11-15(22)16-17(13-7-4-5-8-14(13)20)21(9-6-10-25-3)19(24)18(16)23/h4-5,7-8,12,17,23H,6,9-11H2,1-3H3. The molecule has 0 fully saturated rings. The lowest BCUT2D eigenvalue weighted by Gasteiger charge is -2.27. The lowest BCUT2D eigenvalue weighted by Crippen LogP contribution is -2.33. The molecule has 0 aromatic heterocycles. The van der Waals surface area contributed by atoms with Crippen LogP contribution in [-0.4, -0.2) is 42.0 Å². The number of ketones is 1. The van der Waals surface area contributed by atoms with Crippen molar-refractivity contribution in [1.82, 2.24) is 4.90 Å². The molecular formula is C19H24FNO4. The van der Waals surface area contributed by atoms with Gasteiger partial charge >= 0.3 is 0 Å². The van der Waals surface area contributed by atoms with Crippen molar-refractivity contribution in [1.29, 1.82) is 0 Å². The fourth-order valence-electron chi connectivity index (χ4n) is 3.05. The SMILES string of the molecule is COCCCN1C(=O)C(O)=C(C(=O)CC(C)C)C1c1ccccc1F. The molecule has 25 heavy (non-hydrogen) atoms. The summed E-state index contributed by atoms with van der Waals surface area (Å²) in [5.74, 6) is -2.00. The van der Waals surface area contributed by atoms with Gasteiger partial charge in [-0.25, -0.2) is 4.39 Å². The van der Waals surface area contributed by atoms with Gasteiger partial charge in [0.2, 0.25) is 0 Å². The third-order valence-electron chi connectivity index (χ3n) is 4.15. The van der Waals surface area contributed by atoms with Crippen LogP contribution in [-0.2, 0) is 14.3 Å². The normalized spacial score (nSPS) is 17.7. The van der Waals surface area contributed by atoms with Crippen molar-refractivity contribution in [2.24, 2.45) is 5.92 Å². The van der Waals surface area contributed by atoms with Gasteiger partial charge in [-0.15, -0.1) is 0 Å². The molecule has 0 saturated heterocycles. The van der Waals surface area contributed by atoms with Gasteiger partial charge in [0.25, 0.3) is 5.91 Å². The van der Waals surface area contributed by atoms with Crippen LogP contribution >= 0.6 is 0 Å². The lowest BCUT2D eigenvalue weighted by molar-refractivity contribution is -0.129. The quantitative estimate of drug-likeness (QED) is 0.732. The summed E-state index contributed by atoms with van der Waals surface area (Å²) in [6.07, 6.45) is 0.704. The van der Waals surface area contributed by atoms with Gasteiger partial charge in [-0.3, -0.25) is 9.59 Å².